The molecule has 1 aromatic heterocycles. The van der Waals surface area contributed by atoms with Gasteiger partial charge in [-0.3, -0.25) is 14.7 Å². The number of guanidine groups is 1. The van der Waals surface area contributed by atoms with Gasteiger partial charge in [-0.25, -0.2) is 0 Å². The van der Waals surface area contributed by atoms with Gasteiger partial charge in [0.2, 0.25) is 5.91 Å². The average Bonchev–Trinajstić information content (AvgIpc) is 3.52. The van der Waals surface area contributed by atoms with E-state index in [0.717, 1.165) is 75.1 Å². The summed E-state index contributed by atoms with van der Waals surface area (Å²) < 4.78 is 5.48. The summed E-state index contributed by atoms with van der Waals surface area (Å²) in [5.74, 6) is 1.88. The van der Waals surface area contributed by atoms with Crippen molar-refractivity contribution in [3.05, 3.63) is 42.1 Å². The third-order valence-corrected chi connectivity index (χ3v) is 6.19. The zero-order valence-electron chi connectivity index (χ0n) is 18.5. The number of amides is 1. The summed E-state index contributed by atoms with van der Waals surface area (Å²) in [6, 6.07) is 11.9. The number of aromatic nitrogens is 1. The fourth-order valence-corrected chi connectivity index (χ4v) is 4.31. The third kappa shape index (κ3) is 5.07. The van der Waals surface area contributed by atoms with Crippen LogP contribution in [0.5, 0.6) is 0 Å². The second-order valence-electron chi connectivity index (χ2n) is 8.18. The predicted octanol–water partition coefficient (Wildman–Crippen LogP) is 2.05. The van der Waals surface area contributed by atoms with Crippen LogP contribution >= 0.6 is 0 Å². The first-order valence-electron chi connectivity index (χ1n) is 11.1. The SMILES string of the molecule is CN=C(NCc1cc(-c2ccccc2)on1)N1CCN(C(C)C(=O)N2CCCC2)CC1. The largest absolute Gasteiger partial charge is 0.356 e. The Balaban J connectivity index is 1.27. The van der Waals surface area contributed by atoms with E-state index in [1.807, 2.05) is 48.2 Å². The molecule has 2 aliphatic heterocycles. The topological polar surface area (TPSA) is 77.2 Å². The van der Waals surface area contributed by atoms with E-state index in [4.69, 9.17) is 4.52 Å². The van der Waals surface area contributed by atoms with E-state index in [9.17, 15) is 4.79 Å². The summed E-state index contributed by atoms with van der Waals surface area (Å²) in [7, 11) is 1.80. The van der Waals surface area contributed by atoms with Gasteiger partial charge in [0.1, 0.15) is 5.69 Å². The molecule has 8 heteroatoms. The average molecular weight is 425 g/mol. The van der Waals surface area contributed by atoms with Crippen LogP contribution in [0.2, 0.25) is 0 Å². The van der Waals surface area contributed by atoms with E-state index in [1.54, 1.807) is 7.05 Å². The van der Waals surface area contributed by atoms with Gasteiger partial charge in [0.05, 0.1) is 12.6 Å². The van der Waals surface area contributed by atoms with Crippen LogP contribution in [0.15, 0.2) is 45.9 Å². The van der Waals surface area contributed by atoms with Crippen molar-refractivity contribution in [2.75, 3.05) is 46.3 Å². The Morgan fingerprint density at radius 1 is 1.10 bits per heavy atom. The first kappa shape index (κ1) is 21.4. The summed E-state index contributed by atoms with van der Waals surface area (Å²) >= 11 is 0. The van der Waals surface area contributed by atoms with Gasteiger partial charge in [-0.05, 0) is 19.8 Å². The number of carbonyl (C=O) groups is 1. The lowest BCUT2D eigenvalue weighted by Gasteiger charge is -2.39. The molecular formula is C23H32N6O2. The Hall–Kier alpha value is -2.87. The molecule has 1 aromatic carbocycles. The highest BCUT2D eigenvalue weighted by Gasteiger charge is 2.30. The molecule has 0 aliphatic carbocycles. The standard InChI is InChI=1S/C23H32N6O2/c1-18(22(30)28-10-6-7-11-28)27-12-14-29(15-13-27)23(24-2)25-17-20-16-21(31-26-20)19-8-4-3-5-9-19/h3-5,8-9,16,18H,6-7,10-15,17H2,1-2H3,(H,24,25). The summed E-state index contributed by atoms with van der Waals surface area (Å²) in [5, 5.41) is 7.57. The van der Waals surface area contributed by atoms with Crippen LogP contribution in [0, 0.1) is 0 Å². The van der Waals surface area contributed by atoms with Crippen molar-refractivity contribution < 1.29 is 9.32 Å². The van der Waals surface area contributed by atoms with Gasteiger partial charge in [0.15, 0.2) is 11.7 Å². The van der Waals surface area contributed by atoms with Gasteiger partial charge >= 0.3 is 0 Å². The van der Waals surface area contributed by atoms with Gasteiger partial charge < -0.3 is 19.6 Å². The first-order valence-corrected chi connectivity index (χ1v) is 11.1. The molecule has 8 nitrogen and oxygen atoms in total. The molecule has 2 aromatic rings. The van der Waals surface area contributed by atoms with Crippen LogP contribution in [0.1, 0.15) is 25.5 Å². The summed E-state index contributed by atoms with van der Waals surface area (Å²) in [5.41, 5.74) is 1.85. The molecule has 1 atom stereocenters. The van der Waals surface area contributed by atoms with E-state index in [0.29, 0.717) is 6.54 Å². The molecule has 2 fully saturated rings. The van der Waals surface area contributed by atoms with Crippen molar-refractivity contribution in [2.45, 2.75) is 32.4 Å². The third-order valence-electron chi connectivity index (χ3n) is 6.19. The van der Waals surface area contributed by atoms with Crippen LogP contribution in [0.4, 0.5) is 0 Å². The van der Waals surface area contributed by atoms with Crippen molar-refractivity contribution in [3.63, 3.8) is 0 Å². The maximum atomic E-state index is 12.7. The van der Waals surface area contributed by atoms with Gasteiger partial charge in [-0.1, -0.05) is 35.5 Å². The number of nitrogens with zero attached hydrogens (tertiary/aromatic N) is 5. The molecule has 166 valence electrons. The number of rotatable bonds is 5. The minimum atomic E-state index is -0.0539. The van der Waals surface area contributed by atoms with Crippen LogP contribution in [0.3, 0.4) is 0 Å². The monoisotopic (exact) mass is 424 g/mol. The number of piperazine rings is 1. The lowest BCUT2D eigenvalue weighted by molar-refractivity contribution is -0.135. The molecule has 1 unspecified atom stereocenters. The van der Waals surface area contributed by atoms with E-state index in [2.05, 4.69) is 25.3 Å². The molecule has 1 N–H and O–H groups in total. The van der Waals surface area contributed by atoms with E-state index in [-0.39, 0.29) is 11.9 Å². The van der Waals surface area contributed by atoms with Gasteiger partial charge in [0, 0.05) is 57.9 Å². The van der Waals surface area contributed by atoms with Gasteiger partial charge in [0.25, 0.3) is 0 Å². The highest BCUT2D eigenvalue weighted by Crippen LogP contribution is 2.19. The van der Waals surface area contributed by atoms with Crippen molar-refractivity contribution >= 4 is 11.9 Å². The van der Waals surface area contributed by atoms with Gasteiger partial charge in [-0.2, -0.15) is 0 Å². The Bertz CT molecular complexity index is 882. The Morgan fingerprint density at radius 2 is 1.81 bits per heavy atom. The van der Waals surface area contributed by atoms with Crippen LogP contribution in [-0.4, -0.2) is 84.1 Å². The molecule has 4 rings (SSSR count). The van der Waals surface area contributed by atoms with Crippen LogP contribution < -0.4 is 5.32 Å². The summed E-state index contributed by atoms with van der Waals surface area (Å²) in [6.07, 6.45) is 2.26. The van der Waals surface area contributed by atoms with E-state index >= 15 is 0 Å². The minimum Gasteiger partial charge on any atom is -0.356 e. The molecule has 0 saturated carbocycles. The normalized spacial score (nSPS) is 19.0. The van der Waals surface area contributed by atoms with Crippen LogP contribution in [0.25, 0.3) is 11.3 Å². The van der Waals surface area contributed by atoms with Crippen molar-refractivity contribution in [1.82, 2.24) is 25.2 Å². The summed E-state index contributed by atoms with van der Waals surface area (Å²) in [4.78, 5) is 23.7. The predicted molar refractivity (Wildman–Crippen MR) is 121 cm³/mol. The number of aliphatic imine (C=N–C) groups is 1. The number of hydrogen-bond acceptors (Lipinski definition) is 5. The maximum absolute atomic E-state index is 12.7. The van der Waals surface area contributed by atoms with Crippen molar-refractivity contribution in [2.24, 2.45) is 4.99 Å². The molecular weight excluding hydrogens is 392 g/mol. The van der Waals surface area contributed by atoms with Crippen molar-refractivity contribution in [1.29, 1.82) is 0 Å². The highest BCUT2D eigenvalue weighted by molar-refractivity contribution is 5.82. The number of likely N-dealkylation sites (tertiary alicyclic amines) is 1. The molecule has 31 heavy (non-hydrogen) atoms. The quantitative estimate of drug-likeness (QED) is 0.585. The number of nitrogens with one attached hydrogen (secondary N) is 1. The van der Waals surface area contributed by atoms with Crippen LogP contribution in [-0.2, 0) is 11.3 Å². The Kier molecular flexibility index (Phi) is 6.86. The van der Waals surface area contributed by atoms with E-state index in [1.165, 1.54) is 0 Å². The lowest BCUT2D eigenvalue weighted by Crippen LogP contribution is -2.57. The molecule has 3 heterocycles. The molecule has 1 amide bonds. The van der Waals surface area contributed by atoms with Gasteiger partial charge in [-0.15, -0.1) is 0 Å². The second-order valence-corrected chi connectivity index (χ2v) is 8.18. The Labute approximate surface area is 183 Å². The molecule has 0 bridgehead atoms. The minimum absolute atomic E-state index is 0.0539. The highest BCUT2D eigenvalue weighted by atomic mass is 16.5. The maximum Gasteiger partial charge on any atom is 0.239 e. The second kappa shape index (κ2) is 9.96. The molecule has 0 spiro atoms. The first-order chi connectivity index (χ1) is 15.2. The molecule has 2 saturated heterocycles. The Morgan fingerprint density at radius 3 is 2.48 bits per heavy atom. The lowest BCUT2D eigenvalue weighted by atomic mass is 10.2. The smallest absolute Gasteiger partial charge is 0.239 e. The summed E-state index contributed by atoms with van der Waals surface area (Å²) in [6.45, 7) is 7.79. The molecule has 2 aliphatic rings. The molecule has 0 radical (unpaired) electrons. The fourth-order valence-electron chi connectivity index (χ4n) is 4.31. The number of hydrogen-bond donors (Lipinski definition) is 1. The fraction of sp³-hybridized carbons (Fsp3) is 0.522. The van der Waals surface area contributed by atoms with E-state index < -0.39 is 0 Å². The zero-order valence-corrected chi connectivity index (χ0v) is 18.5. The zero-order chi connectivity index (χ0) is 21.6. The van der Waals surface area contributed by atoms with Crippen molar-refractivity contribution in [3.8, 4) is 11.3 Å². The number of carbonyl (C=O) groups excluding carboxylic acids is 1. The number of benzene rings is 1.